The summed E-state index contributed by atoms with van der Waals surface area (Å²) < 4.78 is 47.0. The van der Waals surface area contributed by atoms with E-state index in [1.165, 1.54) is 29.4 Å². The summed E-state index contributed by atoms with van der Waals surface area (Å²) in [7, 11) is -3.75. The summed E-state index contributed by atoms with van der Waals surface area (Å²) >= 11 is 0. The van der Waals surface area contributed by atoms with Crippen molar-refractivity contribution >= 4 is 15.9 Å². The monoisotopic (exact) mass is 449 g/mol. The van der Waals surface area contributed by atoms with Crippen molar-refractivity contribution in [3.8, 4) is 5.75 Å². The van der Waals surface area contributed by atoms with Gasteiger partial charge in [-0.25, -0.2) is 12.8 Å². The van der Waals surface area contributed by atoms with Gasteiger partial charge in [-0.05, 0) is 63.1 Å². The lowest BCUT2D eigenvalue weighted by molar-refractivity contribution is -0.121. The maximum atomic E-state index is 14.0. The van der Waals surface area contributed by atoms with Crippen LogP contribution >= 0.6 is 0 Å². The molecular formula is C22H28FN3O4S. The Morgan fingerprint density at radius 3 is 2.68 bits per heavy atom. The van der Waals surface area contributed by atoms with Gasteiger partial charge in [-0.3, -0.25) is 9.78 Å². The minimum atomic E-state index is -3.75. The van der Waals surface area contributed by atoms with Crippen LogP contribution in [0.1, 0.15) is 44.4 Å². The van der Waals surface area contributed by atoms with Crippen molar-refractivity contribution in [3.05, 3.63) is 59.7 Å². The molecule has 3 rings (SSSR count). The van der Waals surface area contributed by atoms with Crippen molar-refractivity contribution in [1.29, 1.82) is 0 Å². The lowest BCUT2D eigenvalue weighted by Gasteiger charge is -2.41. The molecule has 0 saturated heterocycles. The first-order valence-electron chi connectivity index (χ1n) is 10.2. The predicted molar refractivity (Wildman–Crippen MR) is 116 cm³/mol. The lowest BCUT2D eigenvalue weighted by atomic mass is 9.89. The fourth-order valence-electron chi connectivity index (χ4n) is 3.71. The summed E-state index contributed by atoms with van der Waals surface area (Å²) in [6.45, 7) is 5.24. The third-order valence-corrected chi connectivity index (χ3v) is 7.08. The Morgan fingerprint density at radius 1 is 1.29 bits per heavy atom. The van der Waals surface area contributed by atoms with Gasteiger partial charge < -0.3 is 10.1 Å². The van der Waals surface area contributed by atoms with E-state index in [0.717, 1.165) is 5.56 Å². The van der Waals surface area contributed by atoms with Crippen LogP contribution in [-0.2, 0) is 21.2 Å². The molecule has 1 amide bonds. The Hall–Kier alpha value is -2.52. The van der Waals surface area contributed by atoms with E-state index in [2.05, 4.69) is 10.3 Å². The number of ether oxygens (including phenoxy) is 1. The molecule has 0 aliphatic carbocycles. The molecule has 1 unspecified atom stereocenters. The third kappa shape index (κ3) is 5.80. The lowest BCUT2D eigenvalue weighted by Crippen LogP contribution is -2.48. The van der Waals surface area contributed by atoms with Gasteiger partial charge in [-0.2, -0.15) is 4.31 Å². The molecule has 1 N–H and O–H groups in total. The summed E-state index contributed by atoms with van der Waals surface area (Å²) in [5, 5.41) is 2.78. The Balaban J connectivity index is 1.81. The number of hydrogen-bond donors (Lipinski definition) is 1. The first-order chi connectivity index (χ1) is 14.6. The minimum Gasteiger partial charge on any atom is -0.487 e. The number of halogens is 1. The number of amides is 1. The maximum Gasteiger partial charge on any atom is 0.235 e. The van der Waals surface area contributed by atoms with E-state index in [0.29, 0.717) is 30.7 Å². The fraction of sp³-hybridized carbons (Fsp3) is 0.455. The van der Waals surface area contributed by atoms with Crippen LogP contribution < -0.4 is 10.1 Å². The number of sulfonamides is 1. The Labute approximate surface area is 182 Å². The van der Waals surface area contributed by atoms with Gasteiger partial charge >= 0.3 is 0 Å². The highest BCUT2D eigenvalue weighted by atomic mass is 32.2. The molecule has 2 aromatic rings. The third-order valence-electron chi connectivity index (χ3n) is 5.26. The van der Waals surface area contributed by atoms with Crippen molar-refractivity contribution in [2.45, 2.75) is 45.3 Å². The zero-order chi connectivity index (χ0) is 22.6. The second-order valence-electron chi connectivity index (χ2n) is 8.17. The minimum absolute atomic E-state index is 0.167. The number of nitrogens with one attached hydrogen (secondary N) is 1. The van der Waals surface area contributed by atoms with E-state index < -0.39 is 33.4 Å². The van der Waals surface area contributed by atoms with Gasteiger partial charge in [0.2, 0.25) is 15.9 Å². The predicted octanol–water partition coefficient (Wildman–Crippen LogP) is 2.83. The van der Waals surface area contributed by atoms with E-state index in [1.807, 2.05) is 26.0 Å². The molecule has 1 aromatic heterocycles. The number of rotatable bonds is 8. The summed E-state index contributed by atoms with van der Waals surface area (Å²) in [5.74, 6) is -0.632. The number of benzene rings is 1. The normalized spacial score (nSPS) is 17.6. The Bertz CT molecular complexity index is 1030. The van der Waals surface area contributed by atoms with E-state index in [1.54, 1.807) is 12.4 Å². The van der Waals surface area contributed by atoms with E-state index >= 15 is 0 Å². The second-order valence-corrected chi connectivity index (χ2v) is 10.4. The molecule has 2 heterocycles. The van der Waals surface area contributed by atoms with E-state index in [4.69, 9.17) is 4.74 Å². The molecule has 1 atom stereocenters. The largest absolute Gasteiger partial charge is 0.487 e. The zero-order valence-electron chi connectivity index (χ0n) is 18.0. The first kappa shape index (κ1) is 23.1. The van der Waals surface area contributed by atoms with Crippen LogP contribution in [0, 0.1) is 5.82 Å². The molecule has 0 fully saturated rings. The number of carbonyl (C=O) groups is 1. The van der Waals surface area contributed by atoms with Gasteiger partial charge in [0.1, 0.15) is 17.2 Å². The molecule has 0 spiro atoms. The number of aromatic nitrogens is 1. The molecule has 0 bridgehead atoms. The van der Waals surface area contributed by atoms with Crippen molar-refractivity contribution < 1.29 is 22.3 Å². The van der Waals surface area contributed by atoms with Crippen LogP contribution in [0.4, 0.5) is 4.39 Å². The van der Waals surface area contributed by atoms with Crippen LogP contribution in [0.2, 0.25) is 0 Å². The highest BCUT2D eigenvalue weighted by Crippen LogP contribution is 2.43. The number of hydrogen-bond acceptors (Lipinski definition) is 5. The van der Waals surface area contributed by atoms with Gasteiger partial charge in [0, 0.05) is 30.9 Å². The van der Waals surface area contributed by atoms with Crippen LogP contribution in [0.25, 0.3) is 0 Å². The average molecular weight is 450 g/mol. The Morgan fingerprint density at radius 2 is 2.00 bits per heavy atom. The second kappa shape index (κ2) is 9.32. The summed E-state index contributed by atoms with van der Waals surface area (Å²) in [5.41, 5.74) is 0.777. The van der Waals surface area contributed by atoms with Crippen LogP contribution in [0.15, 0.2) is 42.7 Å². The molecule has 0 saturated carbocycles. The number of fused-ring (bicyclic) bond motifs is 1. The molecule has 1 aliphatic rings. The van der Waals surface area contributed by atoms with Gasteiger partial charge in [0.15, 0.2) is 0 Å². The fourth-order valence-corrected chi connectivity index (χ4v) is 4.93. The van der Waals surface area contributed by atoms with Crippen molar-refractivity contribution in [2.75, 3.05) is 18.8 Å². The Kier molecular flexibility index (Phi) is 6.96. The number of pyridine rings is 1. The zero-order valence-corrected chi connectivity index (χ0v) is 18.8. The van der Waals surface area contributed by atoms with Gasteiger partial charge in [0.25, 0.3) is 0 Å². The van der Waals surface area contributed by atoms with Crippen molar-refractivity contribution in [3.63, 3.8) is 0 Å². The molecule has 9 heteroatoms. The van der Waals surface area contributed by atoms with E-state index in [9.17, 15) is 17.6 Å². The summed E-state index contributed by atoms with van der Waals surface area (Å²) in [4.78, 5) is 16.6. The maximum absolute atomic E-state index is 14.0. The van der Waals surface area contributed by atoms with Crippen LogP contribution in [0.5, 0.6) is 5.75 Å². The van der Waals surface area contributed by atoms with Crippen LogP contribution in [0.3, 0.4) is 0 Å². The number of nitrogens with zero attached hydrogens (tertiary/aromatic N) is 2. The smallest absolute Gasteiger partial charge is 0.235 e. The molecule has 7 nitrogen and oxygen atoms in total. The average Bonchev–Trinajstić information content (AvgIpc) is 2.72. The van der Waals surface area contributed by atoms with Crippen molar-refractivity contribution in [2.24, 2.45) is 0 Å². The summed E-state index contributed by atoms with van der Waals surface area (Å²) in [6.07, 6.45) is 4.26. The first-order valence-corrected chi connectivity index (χ1v) is 11.9. The topological polar surface area (TPSA) is 88.6 Å². The summed E-state index contributed by atoms with van der Waals surface area (Å²) in [6, 6.07) is 7.08. The molecule has 0 radical (unpaired) electrons. The SMILES string of the molecule is CCS(=O)(=O)N(CC(=O)NCCc1ccncc1)C1CC(C)(C)Oc2ccc(F)cc21. The van der Waals surface area contributed by atoms with Crippen molar-refractivity contribution in [1.82, 2.24) is 14.6 Å². The van der Waals surface area contributed by atoms with Gasteiger partial charge in [0.05, 0.1) is 18.3 Å². The highest BCUT2D eigenvalue weighted by molar-refractivity contribution is 7.89. The van der Waals surface area contributed by atoms with E-state index in [-0.39, 0.29) is 12.3 Å². The molecule has 168 valence electrons. The molecule has 1 aliphatic heterocycles. The van der Waals surface area contributed by atoms with Gasteiger partial charge in [-0.15, -0.1) is 0 Å². The van der Waals surface area contributed by atoms with Gasteiger partial charge in [-0.1, -0.05) is 0 Å². The number of carbonyl (C=O) groups excluding carboxylic acids is 1. The highest BCUT2D eigenvalue weighted by Gasteiger charge is 2.41. The molecular weight excluding hydrogens is 421 g/mol. The molecule has 1 aromatic carbocycles. The standard InChI is InChI=1S/C22H28FN3O4S/c1-4-31(28,29)26(15-21(27)25-12-9-16-7-10-24-11-8-16)19-14-22(2,3)30-20-6-5-17(23)13-18(19)20/h5-8,10-11,13,19H,4,9,12,14-15H2,1-3H3,(H,25,27). The quantitative estimate of drug-likeness (QED) is 0.670. The van der Waals surface area contributed by atoms with Crippen LogP contribution in [-0.4, -0.2) is 48.1 Å². The molecule has 31 heavy (non-hydrogen) atoms.